The Morgan fingerprint density at radius 1 is 0.892 bits per heavy atom. The molecule has 8 heteroatoms. The summed E-state index contributed by atoms with van der Waals surface area (Å²) in [5.74, 6) is 0.774. The van der Waals surface area contributed by atoms with E-state index in [0.29, 0.717) is 54.2 Å². The second-order valence-corrected chi connectivity index (χ2v) is 9.67. The largest absolute Gasteiger partial charge is 0.438 e. The maximum absolute atomic E-state index is 13.9. The molecule has 0 saturated carbocycles. The Bertz CT molecular complexity index is 1480. The van der Waals surface area contributed by atoms with Crippen molar-refractivity contribution in [2.24, 2.45) is 0 Å². The van der Waals surface area contributed by atoms with Crippen LogP contribution in [0, 0.1) is 5.82 Å². The van der Waals surface area contributed by atoms with Gasteiger partial charge >= 0.3 is 0 Å². The Hall–Kier alpha value is -3.97. The summed E-state index contributed by atoms with van der Waals surface area (Å²) in [4.78, 5) is 26.8. The predicted molar refractivity (Wildman–Crippen MR) is 140 cm³/mol. The number of rotatable bonds is 4. The highest BCUT2D eigenvalue weighted by Gasteiger charge is 2.29. The monoisotopic (exact) mass is 514 g/mol. The topological polar surface area (TPSA) is 58.6 Å². The van der Waals surface area contributed by atoms with Gasteiger partial charge in [-0.15, -0.1) is 0 Å². The number of fused-ring (bicyclic) bond motifs is 2. The zero-order chi connectivity index (χ0) is 25.4. The van der Waals surface area contributed by atoms with Crippen molar-refractivity contribution >= 4 is 23.5 Å². The highest BCUT2D eigenvalue weighted by atomic mass is 35.5. The quantitative estimate of drug-likeness (QED) is 0.343. The summed E-state index contributed by atoms with van der Waals surface area (Å²) >= 11 is 6.00. The first-order valence-electron chi connectivity index (χ1n) is 12.2. The third kappa shape index (κ3) is 4.87. The standard InChI is InChI=1S/C29H24ClFN4O2/c30-22-10-8-20(9-11-22)28(36)34-15-13-26-25(18-34)27(37-24-7-3-6-23(31)16-24)33-29(32-26)35-14-12-19-4-1-2-5-21(19)17-35/h1-11,16H,12-15,17-18H2. The molecule has 0 bridgehead atoms. The van der Waals surface area contributed by atoms with Crippen LogP contribution in [-0.2, 0) is 25.9 Å². The van der Waals surface area contributed by atoms with Crippen LogP contribution in [0.2, 0.25) is 5.02 Å². The molecule has 0 spiro atoms. The fraction of sp³-hybridized carbons (Fsp3) is 0.207. The molecule has 37 heavy (non-hydrogen) atoms. The van der Waals surface area contributed by atoms with Crippen LogP contribution in [0.3, 0.4) is 0 Å². The molecule has 3 heterocycles. The highest BCUT2D eigenvalue weighted by Crippen LogP contribution is 2.33. The van der Waals surface area contributed by atoms with Crippen LogP contribution in [-0.4, -0.2) is 33.9 Å². The Balaban J connectivity index is 1.34. The van der Waals surface area contributed by atoms with E-state index in [4.69, 9.17) is 26.3 Å². The van der Waals surface area contributed by atoms with Crippen molar-refractivity contribution in [1.82, 2.24) is 14.9 Å². The molecular formula is C29H24ClFN4O2. The number of aromatic nitrogens is 2. The fourth-order valence-corrected chi connectivity index (χ4v) is 4.98. The molecule has 6 nitrogen and oxygen atoms in total. The van der Waals surface area contributed by atoms with E-state index >= 15 is 0 Å². The van der Waals surface area contributed by atoms with E-state index in [1.165, 1.54) is 23.3 Å². The summed E-state index contributed by atoms with van der Waals surface area (Å²) in [6.07, 6.45) is 1.47. The molecule has 0 N–H and O–H groups in total. The molecule has 1 amide bonds. The first-order chi connectivity index (χ1) is 18.0. The smallest absolute Gasteiger partial charge is 0.254 e. The molecule has 186 valence electrons. The van der Waals surface area contributed by atoms with E-state index in [1.807, 2.05) is 6.07 Å². The maximum atomic E-state index is 13.9. The van der Waals surface area contributed by atoms with Gasteiger partial charge in [-0.2, -0.15) is 4.98 Å². The van der Waals surface area contributed by atoms with Gasteiger partial charge in [0.15, 0.2) is 0 Å². The number of hydrogen-bond donors (Lipinski definition) is 0. The number of amides is 1. The summed E-state index contributed by atoms with van der Waals surface area (Å²) < 4.78 is 20.1. The molecular weight excluding hydrogens is 491 g/mol. The molecule has 2 aliphatic rings. The molecule has 4 aromatic rings. The van der Waals surface area contributed by atoms with Gasteiger partial charge in [-0.05, 0) is 53.9 Å². The van der Waals surface area contributed by atoms with Crippen molar-refractivity contribution < 1.29 is 13.9 Å². The molecule has 1 aromatic heterocycles. The zero-order valence-corrected chi connectivity index (χ0v) is 20.8. The first-order valence-corrected chi connectivity index (χ1v) is 12.6. The van der Waals surface area contributed by atoms with Crippen molar-refractivity contribution in [1.29, 1.82) is 0 Å². The fourth-order valence-electron chi connectivity index (χ4n) is 4.85. The summed E-state index contributed by atoms with van der Waals surface area (Å²) in [5, 5.41) is 0.576. The van der Waals surface area contributed by atoms with Crippen molar-refractivity contribution in [3.8, 4) is 11.6 Å². The van der Waals surface area contributed by atoms with E-state index in [9.17, 15) is 9.18 Å². The average molecular weight is 515 g/mol. The van der Waals surface area contributed by atoms with Gasteiger partial charge in [0.1, 0.15) is 11.6 Å². The maximum Gasteiger partial charge on any atom is 0.254 e. The van der Waals surface area contributed by atoms with Crippen molar-refractivity contribution in [2.45, 2.75) is 25.9 Å². The van der Waals surface area contributed by atoms with Crippen LogP contribution in [0.5, 0.6) is 11.6 Å². The Morgan fingerprint density at radius 3 is 2.51 bits per heavy atom. The van der Waals surface area contributed by atoms with Crippen LogP contribution < -0.4 is 9.64 Å². The van der Waals surface area contributed by atoms with Gasteiger partial charge in [-0.3, -0.25) is 4.79 Å². The number of carbonyl (C=O) groups excluding carboxylic acids is 1. The normalized spacial score (nSPS) is 14.6. The Labute approximate surface area is 219 Å². The van der Waals surface area contributed by atoms with E-state index < -0.39 is 5.82 Å². The van der Waals surface area contributed by atoms with Crippen LogP contribution in [0.15, 0.2) is 72.8 Å². The van der Waals surface area contributed by atoms with Gasteiger partial charge < -0.3 is 14.5 Å². The number of nitrogens with zero attached hydrogens (tertiary/aromatic N) is 4. The van der Waals surface area contributed by atoms with Crippen molar-refractivity contribution in [3.05, 3.63) is 112 Å². The molecule has 6 rings (SSSR count). The Morgan fingerprint density at radius 2 is 1.70 bits per heavy atom. The lowest BCUT2D eigenvalue weighted by molar-refractivity contribution is 0.0732. The number of hydrogen-bond acceptors (Lipinski definition) is 5. The van der Waals surface area contributed by atoms with Crippen molar-refractivity contribution in [2.75, 3.05) is 18.0 Å². The Kier molecular flexibility index (Phi) is 6.22. The van der Waals surface area contributed by atoms with Crippen LogP contribution in [0.4, 0.5) is 10.3 Å². The molecule has 0 fully saturated rings. The lowest BCUT2D eigenvalue weighted by atomic mass is 10.0. The van der Waals surface area contributed by atoms with Crippen LogP contribution in [0.25, 0.3) is 0 Å². The van der Waals surface area contributed by atoms with Gasteiger partial charge in [0, 0.05) is 42.7 Å². The van der Waals surface area contributed by atoms with Gasteiger partial charge in [-0.25, -0.2) is 9.37 Å². The van der Waals surface area contributed by atoms with Gasteiger partial charge in [-0.1, -0.05) is 41.9 Å². The molecule has 0 radical (unpaired) electrons. The first kappa shape index (κ1) is 23.4. The number of ether oxygens (including phenoxy) is 1. The van der Waals surface area contributed by atoms with Crippen LogP contribution in [0.1, 0.15) is 32.7 Å². The SMILES string of the molecule is O=C(c1ccc(Cl)cc1)N1CCc2nc(N3CCc4ccccc4C3)nc(Oc3cccc(F)c3)c2C1. The second-order valence-electron chi connectivity index (χ2n) is 9.24. The molecule has 3 aromatic carbocycles. The number of benzene rings is 3. The van der Waals surface area contributed by atoms with Gasteiger partial charge in [0.2, 0.25) is 11.8 Å². The summed E-state index contributed by atoms with van der Waals surface area (Å²) in [6, 6.07) is 21.2. The van der Waals surface area contributed by atoms with E-state index in [2.05, 4.69) is 23.1 Å². The minimum Gasteiger partial charge on any atom is -0.438 e. The summed E-state index contributed by atoms with van der Waals surface area (Å²) in [7, 11) is 0. The minimum atomic E-state index is -0.396. The zero-order valence-electron chi connectivity index (χ0n) is 20.0. The number of anilines is 1. The third-order valence-electron chi connectivity index (χ3n) is 6.81. The average Bonchev–Trinajstić information content (AvgIpc) is 2.92. The number of carbonyl (C=O) groups is 1. The van der Waals surface area contributed by atoms with Crippen molar-refractivity contribution in [3.63, 3.8) is 0 Å². The lowest BCUT2D eigenvalue weighted by Crippen LogP contribution is -2.37. The molecule has 0 atom stereocenters. The van der Waals surface area contributed by atoms with Gasteiger partial charge in [0.05, 0.1) is 17.8 Å². The molecule has 0 aliphatic carbocycles. The van der Waals surface area contributed by atoms with E-state index in [0.717, 1.165) is 24.2 Å². The lowest BCUT2D eigenvalue weighted by Gasteiger charge is -2.32. The van der Waals surface area contributed by atoms with E-state index in [1.54, 1.807) is 41.3 Å². The van der Waals surface area contributed by atoms with Crippen LogP contribution >= 0.6 is 11.6 Å². The minimum absolute atomic E-state index is 0.101. The van der Waals surface area contributed by atoms with E-state index in [-0.39, 0.29) is 5.91 Å². The predicted octanol–water partition coefficient (Wildman–Crippen LogP) is 5.82. The molecule has 2 aliphatic heterocycles. The second kappa shape index (κ2) is 9.82. The van der Waals surface area contributed by atoms with Gasteiger partial charge in [0.25, 0.3) is 5.91 Å². The molecule has 0 unspecified atom stereocenters. The summed E-state index contributed by atoms with van der Waals surface area (Å²) in [5.41, 5.74) is 4.73. The highest BCUT2D eigenvalue weighted by molar-refractivity contribution is 6.30. The third-order valence-corrected chi connectivity index (χ3v) is 7.06. The number of halogens is 2. The molecule has 0 saturated heterocycles. The summed E-state index contributed by atoms with van der Waals surface area (Å²) in [6.45, 7) is 2.31.